The number of methoxy groups -OCH3 is 2. The number of hydrogen-bond acceptors (Lipinski definition) is 4. The molecule has 96 valence electrons. The smallest absolute Gasteiger partial charge is 0.254 e. The van der Waals surface area contributed by atoms with E-state index in [4.69, 9.17) is 9.47 Å². The van der Waals surface area contributed by atoms with Crippen molar-refractivity contribution in [3.63, 3.8) is 0 Å². The molecule has 1 aromatic heterocycles. The number of carbonyl (C=O) groups excluding carboxylic acids is 1. The molecule has 0 N–H and O–H groups in total. The van der Waals surface area contributed by atoms with Crippen molar-refractivity contribution in [2.75, 3.05) is 40.5 Å². The van der Waals surface area contributed by atoms with Crippen molar-refractivity contribution < 1.29 is 14.3 Å². The Kier molecular flexibility index (Phi) is 6.72. The van der Waals surface area contributed by atoms with Crippen LogP contribution in [0.25, 0.3) is 0 Å². The molecule has 6 heteroatoms. The van der Waals surface area contributed by atoms with Crippen LogP contribution in [0.15, 0.2) is 15.2 Å². The number of amides is 1. The molecular formula is C11H16BrNO3S. The largest absolute Gasteiger partial charge is 0.383 e. The molecule has 0 atom stereocenters. The van der Waals surface area contributed by atoms with Crippen LogP contribution >= 0.6 is 27.3 Å². The Labute approximate surface area is 114 Å². The fraction of sp³-hybridized carbons (Fsp3) is 0.545. The van der Waals surface area contributed by atoms with Gasteiger partial charge in [0.2, 0.25) is 0 Å². The summed E-state index contributed by atoms with van der Waals surface area (Å²) in [5.74, 6) is 0.0149. The first kappa shape index (κ1) is 14.6. The van der Waals surface area contributed by atoms with Crippen LogP contribution in [0, 0.1) is 0 Å². The van der Waals surface area contributed by atoms with Gasteiger partial charge in [-0.15, -0.1) is 11.3 Å². The molecule has 0 aliphatic heterocycles. The number of rotatable bonds is 7. The Morgan fingerprint density at radius 2 is 1.94 bits per heavy atom. The summed E-state index contributed by atoms with van der Waals surface area (Å²) < 4.78 is 11.0. The second-order valence-electron chi connectivity index (χ2n) is 3.42. The van der Waals surface area contributed by atoms with Crippen LogP contribution in [-0.4, -0.2) is 51.3 Å². The van der Waals surface area contributed by atoms with Crippen molar-refractivity contribution in [1.29, 1.82) is 0 Å². The minimum atomic E-state index is 0.0149. The molecule has 1 aromatic rings. The standard InChI is InChI=1S/C11H16BrNO3S/c1-15-5-3-13(4-6-16-2)11(14)9-7-10(12)17-8-9/h7-8H,3-6H2,1-2H3. The molecule has 0 bridgehead atoms. The van der Waals surface area contributed by atoms with Gasteiger partial charge in [0, 0.05) is 32.7 Å². The second-order valence-corrected chi connectivity index (χ2v) is 5.71. The molecule has 0 aromatic carbocycles. The van der Waals surface area contributed by atoms with Crippen LogP contribution in [0.1, 0.15) is 10.4 Å². The molecule has 1 rings (SSSR count). The lowest BCUT2D eigenvalue weighted by atomic mass is 10.3. The van der Waals surface area contributed by atoms with Crippen LogP contribution in [0.5, 0.6) is 0 Å². The lowest BCUT2D eigenvalue weighted by Gasteiger charge is -2.21. The van der Waals surface area contributed by atoms with Gasteiger partial charge in [0.25, 0.3) is 5.91 Å². The van der Waals surface area contributed by atoms with Crippen LogP contribution < -0.4 is 0 Å². The topological polar surface area (TPSA) is 38.8 Å². The Morgan fingerprint density at radius 1 is 1.35 bits per heavy atom. The van der Waals surface area contributed by atoms with Crippen molar-refractivity contribution in [2.45, 2.75) is 0 Å². The summed E-state index contributed by atoms with van der Waals surface area (Å²) in [6, 6.07) is 1.83. The SMILES string of the molecule is COCCN(CCOC)C(=O)c1csc(Br)c1. The predicted molar refractivity (Wildman–Crippen MR) is 71.7 cm³/mol. The Hall–Kier alpha value is -0.430. The van der Waals surface area contributed by atoms with Crippen molar-refractivity contribution in [1.82, 2.24) is 4.90 Å². The van der Waals surface area contributed by atoms with Gasteiger partial charge in [-0.1, -0.05) is 0 Å². The zero-order valence-corrected chi connectivity index (χ0v) is 12.3. The first-order valence-corrected chi connectivity index (χ1v) is 6.87. The number of nitrogens with zero attached hydrogens (tertiary/aromatic N) is 1. The van der Waals surface area contributed by atoms with Gasteiger partial charge < -0.3 is 14.4 Å². The van der Waals surface area contributed by atoms with E-state index in [1.807, 2.05) is 11.4 Å². The summed E-state index contributed by atoms with van der Waals surface area (Å²) in [6.07, 6.45) is 0. The first-order chi connectivity index (χ1) is 8.19. The lowest BCUT2D eigenvalue weighted by molar-refractivity contribution is 0.0628. The van der Waals surface area contributed by atoms with E-state index in [1.165, 1.54) is 11.3 Å². The van der Waals surface area contributed by atoms with E-state index in [2.05, 4.69) is 15.9 Å². The van der Waals surface area contributed by atoms with Gasteiger partial charge in [0.05, 0.1) is 22.6 Å². The highest BCUT2D eigenvalue weighted by Crippen LogP contribution is 2.21. The minimum Gasteiger partial charge on any atom is -0.383 e. The van der Waals surface area contributed by atoms with Crippen LogP contribution in [0.3, 0.4) is 0 Å². The Morgan fingerprint density at radius 3 is 2.35 bits per heavy atom. The van der Waals surface area contributed by atoms with E-state index in [-0.39, 0.29) is 5.91 Å². The maximum Gasteiger partial charge on any atom is 0.254 e. The summed E-state index contributed by atoms with van der Waals surface area (Å²) in [5.41, 5.74) is 0.703. The highest BCUT2D eigenvalue weighted by Gasteiger charge is 2.16. The van der Waals surface area contributed by atoms with Crippen LogP contribution in [0.2, 0.25) is 0 Å². The quantitative estimate of drug-likeness (QED) is 0.773. The summed E-state index contributed by atoms with van der Waals surface area (Å²) >= 11 is 4.86. The molecule has 0 saturated carbocycles. The zero-order valence-electron chi connectivity index (χ0n) is 9.94. The Balaban J connectivity index is 2.64. The predicted octanol–water partition coefficient (Wildman–Crippen LogP) is 2.25. The van der Waals surface area contributed by atoms with Gasteiger partial charge in [0.15, 0.2) is 0 Å². The summed E-state index contributed by atoms with van der Waals surface area (Å²) in [5, 5.41) is 1.85. The number of ether oxygens (including phenoxy) is 2. The number of halogens is 1. The van der Waals surface area contributed by atoms with Gasteiger partial charge in [0.1, 0.15) is 0 Å². The van der Waals surface area contributed by atoms with Crippen LogP contribution in [0.4, 0.5) is 0 Å². The summed E-state index contributed by atoms with van der Waals surface area (Å²) in [4.78, 5) is 13.9. The van der Waals surface area contributed by atoms with E-state index >= 15 is 0 Å². The molecule has 0 spiro atoms. The third kappa shape index (κ3) is 4.75. The average Bonchev–Trinajstić information content (AvgIpc) is 2.75. The molecule has 1 heterocycles. The summed E-state index contributed by atoms with van der Waals surface area (Å²) in [6.45, 7) is 2.21. The van der Waals surface area contributed by atoms with E-state index in [9.17, 15) is 4.79 Å². The fourth-order valence-electron chi connectivity index (χ4n) is 1.32. The number of hydrogen-bond donors (Lipinski definition) is 0. The van der Waals surface area contributed by atoms with E-state index < -0.39 is 0 Å². The van der Waals surface area contributed by atoms with Crippen LogP contribution in [-0.2, 0) is 9.47 Å². The number of thiophene rings is 1. The molecule has 0 saturated heterocycles. The first-order valence-electron chi connectivity index (χ1n) is 5.20. The summed E-state index contributed by atoms with van der Waals surface area (Å²) in [7, 11) is 3.25. The molecule has 0 fully saturated rings. The van der Waals surface area contributed by atoms with Gasteiger partial charge in [-0.3, -0.25) is 4.79 Å². The third-order valence-electron chi connectivity index (χ3n) is 2.23. The van der Waals surface area contributed by atoms with Crippen molar-refractivity contribution in [3.8, 4) is 0 Å². The fourth-order valence-corrected chi connectivity index (χ4v) is 2.45. The lowest BCUT2D eigenvalue weighted by Crippen LogP contribution is -2.36. The highest BCUT2D eigenvalue weighted by atomic mass is 79.9. The monoisotopic (exact) mass is 321 g/mol. The molecule has 0 aliphatic rings. The zero-order chi connectivity index (χ0) is 12.7. The second kappa shape index (κ2) is 7.81. The van der Waals surface area contributed by atoms with Gasteiger partial charge in [-0.05, 0) is 22.0 Å². The normalized spacial score (nSPS) is 10.5. The van der Waals surface area contributed by atoms with Crippen molar-refractivity contribution in [2.24, 2.45) is 0 Å². The van der Waals surface area contributed by atoms with E-state index in [1.54, 1.807) is 19.1 Å². The van der Waals surface area contributed by atoms with Crippen molar-refractivity contribution in [3.05, 3.63) is 20.8 Å². The van der Waals surface area contributed by atoms with Gasteiger partial charge >= 0.3 is 0 Å². The maximum atomic E-state index is 12.2. The van der Waals surface area contributed by atoms with Gasteiger partial charge in [-0.2, -0.15) is 0 Å². The molecule has 17 heavy (non-hydrogen) atoms. The van der Waals surface area contributed by atoms with Crippen molar-refractivity contribution >= 4 is 33.2 Å². The van der Waals surface area contributed by atoms with Gasteiger partial charge in [-0.25, -0.2) is 0 Å². The molecule has 0 radical (unpaired) electrons. The molecular weight excluding hydrogens is 306 g/mol. The molecule has 0 unspecified atom stereocenters. The highest BCUT2D eigenvalue weighted by molar-refractivity contribution is 9.11. The third-order valence-corrected chi connectivity index (χ3v) is 3.74. The minimum absolute atomic E-state index is 0.0149. The Bertz CT molecular complexity index is 348. The molecule has 4 nitrogen and oxygen atoms in total. The van der Waals surface area contributed by atoms with E-state index in [0.717, 1.165) is 3.79 Å². The average molecular weight is 322 g/mol. The number of carbonyl (C=O) groups is 1. The maximum absolute atomic E-state index is 12.2. The molecule has 0 aliphatic carbocycles. The van der Waals surface area contributed by atoms with E-state index in [0.29, 0.717) is 31.9 Å². The molecule has 1 amide bonds.